The molecule has 1 N–H and O–H groups in total. The van der Waals surface area contributed by atoms with Gasteiger partial charge in [0, 0.05) is 19.6 Å². The fourth-order valence-corrected chi connectivity index (χ4v) is 4.80. The summed E-state index contributed by atoms with van der Waals surface area (Å²) in [5.74, 6) is -0.309. The Morgan fingerprint density at radius 1 is 1.20 bits per heavy atom. The molecule has 2 aromatic carbocycles. The van der Waals surface area contributed by atoms with Gasteiger partial charge in [-0.1, -0.05) is 37.3 Å². The average Bonchev–Trinajstić information content (AvgIpc) is 2.65. The molecule has 1 aliphatic heterocycles. The lowest BCUT2D eigenvalue weighted by Gasteiger charge is -2.31. The van der Waals surface area contributed by atoms with Crippen molar-refractivity contribution in [3.63, 3.8) is 0 Å². The Hall–Kier alpha value is -1.92. The van der Waals surface area contributed by atoms with Gasteiger partial charge in [-0.2, -0.15) is 4.31 Å². The molecule has 1 amide bonds. The Labute approximate surface area is 149 Å². The molecule has 0 spiro atoms. The highest BCUT2D eigenvalue weighted by atomic mass is 32.2. The summed E-state index contributed by atoms with van der Waals surface area (Å²) in [5, 5.41) is 4.79. The van der Waals surface area contributed by atoms with E-state index in [2.05, 4.69) is 5.32 Å². The number of fused-ring (bicyclic) bond motifs is 1. The van der Waals surface area contributed by atoms with Gasteiger partial charge in [0.1, 0.15) is 0 Å². The van der Waals surface area contributed by atoms with Crippen molar-refractivity contribution in [2.75, 3.05) is 19.6 Å². The van der Waals surface area contributed by atoms with Crippen LogP contribution in [0.15, 0.2) is 47.4 Å². The van der Waals surface area contributed by atoms with Crippen LogP contribution in [0.3, 0.4) is 0 Å². The van der Waals surface area contributed by atoms with E-state index in [1.165, 1.54) is 4.31 Å². The van der Waals surface area contributed by atoms with Crippen molar-refractivity contribution in [1.82, 2.24) is 9.62 Å². The minimum Gasteiger partial charge on any atom is -0.356 e. The molecule has 0 unspecified atom stereocenters. The first-order valence-corrected chi connectivity index (χ1v) is 10.2. The van der Waals surface area contributed by atoms with Crippen LogP contribution < -0.4 is 5.32 Å². The van der Waals surface area contributed by atoms with Crippen LogP contribution in [-0.4, -0.2) is 38.3 Å². The molecule has 0 aliphatic carbocycles. The zero-order valence-corrected chi connectivity index (χ0v) is 15.3. The van der Waals surface area contributed by atoms with Gasteiger partial charge in [-0.3, -0.25) is 4.79 Å². The fraction of sp³-hybridized carbons (Fsp3) is 0.421. The second-order valence-corrected chi connectivity index (χ2v) is 8.44. The standard InChI is InChI=1S/C19H24N2O3S/c1-2-11-20-19(22)17-8-5-12-21(14-17)25(23,24)18-10-9-15-6-3-4-7-16(15)13-18/h3-4,6-7,9-10,13,17H,2,5,8,11-12,14H2,1H3,(H,20,22)/t17-/m1/s1. The van der Waals surface area contributed by atoms with Gasteiger partial charge in [0.15, 0.2) is 0 Å². The topological polar surface area (TPSA) is 66.5 Å². The van der Waals surface area contributed by atoms with Gasteiger partial charge < -0.3 is 5.32 Å². The normalized spacial score (nSPS) is 19.0. The van der Waals surface area contributed by atoms with Gasteiger partial charge in [-0.15, -0.1) is 0 Å². The summed E-state index contributed by atoms with van der Waals surface area (Å²) in [6, 6.07) is 12.9. The second kappa shape index (κ2) is 7.54. The molecule has 1 fully saturated rings. The molecular formula is C19H24N2O3S. The summed E-state index contributed by atoms with van der Waals surface area (Å²) in [7, 11) is -3.59. The third-order valence-electron chi connectivity index (χ3n) is 4.66. The van der Waals surface area contributed by atoms with E-state index < -0.39 is 10.0 Å². The van der Waals surface area contributed by atoms with Crippen molar-refractivity contribution in [3.05, 3.63) is 42.5 Å². The van der Waals surface area contributed by atoms with Crippen LogP contribution in [0.1, 0.15) is 26.2 Å². The molecule has 0 aromatic heterocycles. The maximum Gasteiger partial charge on any atom is 0.243 e. The van der Waals surface area contributed by atoms with Crippen molar-refractivity contribution < 1.29 is 13.2 Å². The van der Waals surface area contributed by atoms with Crippen molar-refractivity contribution in [1.29, 1.82) is 0 Å². The fourth-order valence-electron chi connectivity index (χ4n) is 3.24. The van der Waals surface area contributed by atoms with E-state index in [1.807, 2.05) is 37.3 Å². The summed E-state index contributed by atoms with van der Waals surface area (Å²) < 4.78 is 27.5. The van der Waals surface area contributed by atoms with E-state index in [9.17, 15) is 13.2 Å². The van der Waals surface area contributed by atoms with Crippen LogP contribution in [0.4, 0.5) is 0 Å². The highest BCUT2D eigenvalue weighted by Gasteiger charge is 2.33. The van der Waals surface area contributed by atoms with Crippen LogP contribution in [0.2, 0.25) is 0 Å². The number of carbonyl (C=O) groups is 1. The predicted octanol–water partition coefficient (Wildman–Crippen LogP) is 2.77. The first-order chi connectivity index (χ1) is 12.0. The first-order valence-electron chi connectivity index (χ1n) is 8.79. The smallest absolute Gasteiger partial charge is 0.243 e. The van der Waals surface area contributed by atoms with Crippen molar-refractivity contribution in [2.24, 2.45) is 5.92 Å². The van der Waals surface area contributed by atoms with Gasteiger partial charge in [-0.05, 0) is 42.2 Å². The molecule has 1 atom stereocenters. The Morgan fingerprint density at radius 3 is 2.72 bits per heavy atom. The maximum atomic E-state index is 13.0. The zero-order chi connectivity index (χ0) is 17.9. The van der Waals surface area contributed by atoms with E-state index in [0.29, 0.717) is 24.4 Å². The molecule has 0 saturated carbocycles. The van der Waals surface area contributed by atoms with E-state index in [-0.39, 0.29) is 18.4 Å². The maximum absolute atomic E-state index is 13.0. The summed E-state index contributed by atoms with van der Waals surface area (Å²) >= 11 is 0. The highest BCUT2D eigenvalue weighted by molar-refractivity contribution is 7.89. The molecule has 3 rings (SSSR count). The van der Waals surface area contributed by atoms with Crippen LogP contribution >= 0.6 is 0 Å². The summed E-state index contributed by atoms with van der Waals surface area (Å²) in [6.07, 6.45) is 2.31. The summed E-state index contributed by atoms with van der Waals surface area (Å²) in [4.78, 5) is 12.5. The second-order valence-electron chi connectivity index (χ2n) is 6.50. The molecule has 1 saturated heterocycles. The number of piperidine rings is 1. The number of amides is 1. The van der Waals surface area contributed by atoms with Crippen molar-refractivity contribution in [2.45, 2.75) is 31.1 Å². The van der Waals surface area contributed by atoms with Gasteiger partial charge in [0.25, 0.3) is 0 Å². The lowest BCUT2D eigenvalue weighted by atomic mass is 9.99. The van der Waals surface area contributed by atoms with E-state index in [4.69, 9.17) is 0 Å². The Kier molecular flexibility index (Phi) is 5.39. The molecule has 6 heteroatoms. The van der Waals surface area contributed by atoms with Gasteiger partial charge in [0.05, 0.1) is 10.8 Å². The number of sulfonamides is 1. The molecule has 2 aromatic rings. The van der Waals surface area contributed by atoms with Gasteiger partial charge >= 0.3 is 0 Å². The highest BCUT2D eigenvalue weighted by Crippen LogP contribution is 2.26. The molecule has 1 aliphatic rings. The molecule has 25 heavy (non-hydrogen) atoms. The van der Waals surface area contributed by atoms with Crippen LogP contribution in [-0.2, 0) is 14.8 Å². The number of rotatable bonds is 5. The first kappa shape index (κ1) is 17.9. The average molecular weight is 360 g/mol. The quantitative estimate of drug-likeness (QED) is 0.892. The predicted molar refractivity (Wildman–Crippen MR) is 98.7 cm³/mol. The lowest BCUT2D eigenvalue weighted by molar-refractivity contribution is -0.126. The number of hydrogen-bond acceptors (Lipinski definition) is 3. The molecule has 1 heterocycles. The van der Waals surface area contributed by atoms with Crippen LogP contribution in [0.5, 0.6) is 0 Å². The molecular weight excluding hydrogens is 336 g/mol. The van der Waals surface area contributed by atoms with Gasteiger partial charge in [0.2, 0.25) is 15.9 Å². The number of benzene rings is 2. The Bertz CT molecular complexity index is 864. The van der Waals surface area contributed by atoms with Crippen molar-refractivity contribution >= 4 is 26.7 Å². The van der Waals surface area contributed by atoms with E-state index in [1.54, 1.807) is 12.1 Å². The van der Waals surface area contributed by atoms with Crippen LogP contribution in [0.25, 0.3) is 10.8 Å². The van der Waals surface area contributed by atoms with Crippen molar-refractivity contribution in [3.8, 4) is 0 Å². The van der Waals surface area contributed by atoms with Gasteiger partial charge in [-0.25, -0.2) is 8.42 Å². The number of nitrogens with zero attached hydrogens (tertiary/aromatic N) is 1. The minimum atomic E-state index is -3.59. The minimum absolute atomic E-state index is 0.0414. The zero-order valence-electron chi connectivity index (χ0n) is 14.4. The van der Waals surface area contributed by atoms with E-state index in [0.717, 1.165) is 23.6 Å². The Balaban J connectivity index is 1.81. The number of hydrogen-bond donors (Lipinski definition) is 1. The number of carbonyl (C=O) groups excluding carboxylic acids is 1. The van der Waals surface area contributed by atoms with Crippen LogP contribution in [0, 0.1) is 5.92 Å². The molecule has 0 bridgehead atoms. The number of nitrogens with one attached hydrogen (secondary N) is 1. The molecule has 0 radical (unpaired) electrons. The third-order valence-corrected chi connectivity index (χ3v) is 6.52. The molecule has 134 valence electrons. The summed E-state index contributed by atoms with van der Waals surface area (Å²) in [5.41, 5.74) is 0. The molecule has 5 nitrogen and oxygen atoms in total. The monoisotopic (exact) mass is 360 g/mol. The lowest BCUT2D eigenvalue weighted by Crippen LogP contribution is -2.45. The third kappa shape index (κ3) is 3.85. The largest absolute Gasteiger partial charge is 0.356 e. The SMILES string of the molecule is CCCNC(=O)[C@@H]1CCCN(S(=O)(=O)c2ccc3ccccc3c2)C1. The van der Waals surface area contributed by atoms with E-state index >= 15 is 0 Å². The summed E-state index contributed by atoms with van der Waals surface area (Å²) in [6.45, 7) is 3.35. The Morgan fingerprint density at radius 2 is 1.96 bits per heavy atom.